The molecule has 0 saturated carbocycles. The van der Waals surface area contributed by atoms with E-state index in [1.165, 1.54) is 7.11 Å². The number of aryl methyl sites for hydroxylation is 1. The molecular weight excluding hydrogens is 392 g/mol. The number of hydrogen-bond donors (Lipinski definition) is 2. The lowest BCUT2D eigenvalue weighted by molar-refractivity contribution is 0.0938. The summed E-state index contributed by atoms with van der Waals surface area (Å²) < 4.78 is 39.1. The van der Waals surface area contributed by atoms with Crippen molar-refractivity contribution in [1.29, 1.82) is 0 Å². The lowest BCUT2D eigenvalue weighted by atomic mass is 10.0. The predicted octanol–water partition coefficient (Wildman–Crippen LogP) is 3.30. The van der Waals surface area contributed by atoms with E-state index >= 15 is 0 Å². The molecule has 29 heavy (non-hydrogen) atoms. The van der Waals surface area contributed by atoms with Crippen LogP contribution in [0.2, 0.25) is 0 Å². The topological polar surface area (TPSA) is 93.7 Å². The van der Waals surface area contributed by atoms with Crippen LogP contribution in [-0.2, 0) is 14.8 Å². The van der Waals surface area contributed by atoms with Gasteiger partial charge in [0.25, 0.3) is 15.9 Å². The Morgan fingerprint density at radius 1 is 1.14 bits per heavy atom. The number of amides is 1. The van der Waals surface area contributed by atoms with Crippen LogP contribution in [-0.4, -0.2) is 41.7 Å². The number of para-hydroxylation sites is 1. The molecule has 0 heterocycles. The maximum absolute atomic E-state index is 13.1. The first-order chi connectivity index (χ1) is 13.7. The fourth-order valence-electron chi connectivity index (χ4n) is 2.93. The van der Waals surface area contributed by atoms with E-state index in [0.29, 0.717) is 24.5 Å². The van der Waals surface area contributed by atoms with E-state index in [4.69, 9.17) is 9.47 Å². The molecule has 158 valence electrons. The van der Waals surface area contributed by atoms with Crippen LogP contribution in [0.4, 0.5) is 5.69 Å². The molecule has 0 saturated heterocycles. The van der Waals surface area contributed by atoms with Crippen molar-refractivity contribution in [3.05, 3.63) is 53.1 Å². The number of carbonyl (C=O) groups is 1. The summed E-state index contributed by atoms with van der Waals surface area (Å²) in [7, 11) is -0.817. The highest BCUT2D eigenvalue weighted by molar-refractivity contribution is 7.92. The Balaban J connectivity index is 2.40. The van der Waals surface area contributed by atoms with Gasteiger partial charge >= 0.3 is 0 Å². The number of methoxy groups -OCH3 is 2. The molecule has 0 fully saturated rings. The fraction of sp³-hybridized carbons (Fsp3) is 0.381. The maximum Gasteiger partial charge on any atom is 0.262 e. The van der Waals surface area contributed by atoms with E-state index < -0.39 is 10.0 Å². The SMILES string of the molecule is COCCNC(=O)c1ccccc1NS(=O)(=O)c1cc(C(C)C)c(OC)cc1C. The highest BCUT2D eigenvalue weighted by Crippen LogP contribution is 2.32. The van der Waals surface area contributed by atoms with E-state index in [1.807, 2.05) is 13.8 Å². The van der Waals surface area contributed by atoms with Crippen molar-refractivity contribution >= 4 is 21.6 Å². The van der Waals surface area contributed by atoms with Gasteiger partial charge in [0.05, 0.1) is 29.9 Å². The third kappa shape index (κ3) is 5.48. The molecule has 1 amide bonds. The van der Waals surface area contributed by atoms with Crippen LogP contribution < -0.4 is 14.8 Å². The van der Waals surface area contributed by atoms with Crippen molar-refractivity contribution in [2.24, 2.45) is 0 Å². The van der Waals surface area contributed by atoms with Crippen LogP contribution in [0.3, 0.4) is 0 Å². The zero-order valence-electron chi connectivity index (χ0n) is 17.4. The number of ether oxygens (including phenoxy) is 2. The van der Waals surface area contributed by atoms with Gasteiger partial charge in [-0.05, 0) is 48.2 Å². The summed E-state index contributed by atoms with van der Waals surface area (Å²) in [5, 5.41) is 2.70. The van der Waals surface area contributed by atoms with Crippen molar-refractivity contribution in [1.82, 2.24) is 5.32 Å². The largest absolute Gasteiger partial charge is 0.496 e. The Hall–Kier alpha value is -2.58. The molecule has 0 spiro atoms. The summed E-state index contributed by atoms with van der Waals surface area (Å²) in [6.07, 6.45) is 0. The Morgan fingerprint density at radius 2 is 1.83 bits per heavy atom. The maximum atomic E-state index is 13.1. The summed E-state index contributed by atoms with van der Waals surface area (Å²) in [6, 6.07) is 9.82. The van der Waals surface area contributed by atoms with E-state index in [1.54, 1.807) is 50.4 Å². The smallest absolute Gasteiger partial charge is 0.262 e. The molecule has 2 aromatic carbocycles. The lowest BCUT2D eigenvalue weighted by Gasteiger charge is -2.18. The molecule has 2 aromatic rings. The molecule has 8 heteroatoms. The average molecular weight is 421 g/mol. The van der Waals surface area contributed by atoms with E-state index in [9.17, 15) is 13.2 Å². The number of carbonyl (C=O) groups excluding carboxylic acids is 1. The van der Waals surface area contributed by atoms with Gasteiger partial charge in [-0.1, -0.05) is 26.0 Å². The molecule has 7 nitrogen and oxygen atoms in total. The third-order valence-electron chi connectivity index (χ3n) is 4.45. The summed E-state index contributed by atoms with van der Waals surface area (Å²) in [6.45, 7) is 6.34. The normalized spacial score (nSPS) is 11.4. The molecule has 2 rings (SSSR count). The van der Waals surface area contributed by atoms with Gasteiger partial charge in [-0.25, -0.2) is 8.42 Å². The van der Waals surface area contributed by atoms with E-state index in [2.05, 4.69) is 10.0 Å². The molecular formula is C21H28N2O5S. The van der Waals surface area contributed by atoms with E-state index in [0.717, 1.165) is 5.56 Å². The summed E-state index contributed by atoms with van der Waals surface area (Å²) in [5.41, 5.74) is 1.80. The van der Waals surface area contributed by atoms with Gasteiger partial charge in [0, 0.05) is 13.7 Å². The number of hydrogen-bond acceptors (Lipinski definition) is 5. The molecule has 2 N–H and O–H groups in total. The minimum Gasteiger partial charge on any atom is -0.496 e. The van der Waals surface area contributed by atoms with Gasteiger partial charge in [0.15, 0.2) is 0 Å². The van der Waals surface area contributed by atoms with Crippen LogP contribution >= 0.6 is 0 Å². The standard InChI is InChI=1S/C21H28N2O5S/c1-14(2)17-13-20(15(3)12-19(17)28-5)29(25,26)23-18-9-7-6-8-16(18)21(24)22-10-11-27-4/h6-9,12-14,23H,10-11H2,1-5H3,(H,22,24). The molecule has 0 aliphatic carbocycles. The van der Waals surface area contributed by atoms with Crippen LogP contribution in [0.5, 0.6) is 5.75 Å². The monoisotopic (exact) mass is 420 g/mol. The fourth-order valence-corrected chi connectivity index (χ4v) is 4.27. The first-order valence-electron chi connectivity index (χ1n) is 9.28. The van der Waals surface area contributed by atoms with Crippen LogP contribution in [0, 0.1) is 6.92 Å². The number of nitrogens with one attached hydrogen (secondary N) is 2. The molecule has 0 unspecified atom stereocenters. The third-order valence-corrected chi connectivity index (χ3v) is 5.95. The Bertz CT molecular complexity index is 971. The van der Waals surface area contributed by atoms with E-state index in [-0.39, 0.29) is 28.0 Å². The zero-order chi connectivity index (χ0) is 21.6. The number of anilines is 1. The van der Waals surface area contributed by atoms with Gasteiger partial charge in [0.2, 0.25) is 0 Å². The summed E-state index contributed by atoms with van der Waals surface area (Å²) in [5.74, 6) is 0.349. The molecule has 0 bridgehead atoms. The quantitative estimate of drug-likeness (QED) is 0.607. The molecule has 0 radical (unpaired) electrons. The molecule has 0 aliphatic heterocycles. The Labute approximate surface area is 172 Å². The highest BCUT2D eigenvalue weighted by atomic mass is 32.2. The van der Waals surface area contributed by atoms with Crippen molar-refractivity contribution < 1.29 is 22.7 Å². The second-order valence-corrected chi connectivity index (χ2v) is 8.56. The Morgan fingerprint density at radius 3 is 2.45 bits per heavy atom. The van der Waals surface area contributed by atoms with Gasteiger partial charge in [-0.3, -0.25) is 9.52 Å². The van der Waals surface area contributed by atoms with Crippen molar-refractivity contribution in [2.45, 2.75) is 31.6 Å². The van der Waals surface area contributed by atoms with Crippen LogP contribution in [0.15, 0.2) is 41.3 Å². The average Bonchev–Trinajstić information content (AvgIpc) is 2.67. The first kappa shape index (κ1) is 22.7. The number of rotatable bonds is 9. The zero-order valence-corrected chi connectivity index (χ0v) is 18.2. The minimum atomic E-state index is -3.92. The lowest BCUT2D eigenvalue weighted by Crippen LogP contribution is -2.28. The minimum absolute atomic E-state index is 0.0818. The predicted molar refractivity (Wildman–Crippen MR) is 113 cm³/mol. The van der Waals surface area contributed by atoms with Crippen LogP contribution in [0.1, 0.15) is 41.3 Å². The molecule has 0 atom stereocenters. The second-order valence-electron chi connectivity index (χ2n) is 6.91. The number of benzene rings is 2. The van der Waals surface area contributed by atoms with Gasteiger partial charge in [0.1, 0.15) is 5.75 Å². The van der Waals surface area contributed by atoms with Gasteiger partial charge in [-0.2, -0.15) is 0 Å². The molecule has 0 aliphatic rings. The van der Waals surface area contributed by atoms with Crippen molar-refractivity contribution in [3.8, 4) is 5.75 Å². The number of sulfonamides is 1. The summed E-state index contributed by atoms with van der Waals surface area (Å²) >= 11 is 0. The second kappa shape index (κ2) is 9.76. The summed E-state index contributed by atoms with van der Waals surface area (Å²) in [4.78, 5) is 12.6. The first-order valence-corrected chi connectivity index (χ1v) is 10.8. The highest BCUT2D eigenvalue weighted by Gasteiger charge is 2.23. The molecule has 0 aromatic heterocycles. The van der Waals surface area contributed by atoms with Crippen molar-refractivity contribution in [3.63, 3.8) is 0 Å². The van der Waals surface area contributed by atoms with Crippen molar-refractivity contribution in [2.75, 3.05) is 32.1 Å². The van der Waals surface area contributed by atoms with Gasteiger partial charge < -0.3 is 14.8 Å². The van der Waals surface area contributed by atoms with Crippen LogP contribution in [0.25, 0.3) is 0 Å². The Kier molecular flexibility index (Phi) is 7.64. The van der Waals surface area contributed by atoms with Gasteiger partial charge in [-0.15, -0.1) is 0 Å².